The SMILES string of the molecule is COc1cc(C2=CC(=C3N=C(c4ccccc4Cl)OC3=O)c3ccccc3O2)ccc1OCC#N. The summed E-state index contributed by atoms with van der Waals surface area (Å²) in [6.07, 6.45) is 1.74. The molecule has 0 aliphatic carbocycles. The van der Waals surface area contributed by atoms with Crippen LogP contribution in [-0.2, 0) is 9.53 Å². The molecule has 0 saturated heterocycles. The van der Waals surface area contributed by atoms with Gasteiger partial charge in [-0.05, 0) is 42.5 Å². The quantitative estimate of drug-likeness (QED) is 0.356. The van der Waals surface area contributed by atoms with E-state index in [4.69, 9.17) is 35.8 Å². The van der Waals surface area contributed by atoms with Crippen LogP contribution < -0.4 is 14.2 Å². The van der Waals surface area contributed by atoms with Crippen LogP contribution in [0.3, 0.4) is 0 Å². The fourth-order valence-electron chi connectivity index (χ4n) is 3.75. The molecule has 0 spiro atoms. The molecule has 8 heteroatoms. The molecule has 0 amide bonds. The maximum atomic E-state index is 12.9. The third-order valence-corrected chi connectivity index (χ3v) is 5.70. The first kappa shape index (κ1) is 22.3. The van der Waals surface area contributed by atoms with Crippen molar-refractivity contribution in [2.45, 2.75) is 0 Å². The molecule has 2 aliphatic rings. The summed E-state index contributed by atoms with van der Waals surface area (Å²) in [6.45, 7) is -0.105. The number of cyclic esters (lactones) is 1. The van der Waals surface area contributed by atoms with Gasteiger partial charge in [0.2, 0.25) is 5.90 Å². The number of benzene rings is 3. The highest BCUT2D eigenvalue weighted by atomic mass is 35.5. The summed E-state index contributed by atoms with van der Waals surface area (Å²) in [4.78, 5) is 17.4. The predicted octanol–water partition coefficient (Wildman–Crippen LogP) is 5.40. The van der Waals surface area contributed by atoms with E-state index in [2.05, 4.69) is 4.99 Å². The third kappa shape index (κ3) is 4.23. The molecule has 7 nitrogen and oxygen atoms in total. The van der Waals surface area contributed by atoms with Crippen LogP contribution in [-0.4, -0.2) is 25.6 Å². The van der Waals surface area contributed by atoms with Gasteiger partial charge in [-0.3, -0.25) is 0 Å². The smallest absolute Gasteiger partial charge is 0.364 e. The van der Waals surface area contributed by atoms with Gasteiger partial charge in [0.1, 0.15) is 17.6 Å². The minimum absolute atomic E-state index is 0.105. The number of carbonyl (C=O) groups is 1. The Labute approximate surface area is 206 Å². The average Bonchev–Trinajstić information content (AvgIpc) is 3.27. The molecule has 0 fully saturated rings. The van der Waals surface area contributed by atoms with Crippen molar-refractivity contribution < 1.29 is 23.7 Å². The Morgan fingerprint density at radius 1 is 1.00 bits per heavy atom. The van der Waals surface area contributed by atoms with Gasteiger partial charge in [0.25, 0.3) is 0 Å². The molecule has 2 aliphatic heterocycles. The molecule has 0 aromatic heterocycles. The van der Waals surface area contributed by atoms with E-state index in [-0.39, 0.29) is 18.2 Å². The van der Waals surface area contributed by atoms with Crippen molar-refractivity contribution in [3.05, 3.63) is 100 Å². The molecule has 3 aromatic rings. The van der Waals surface area contributed by atoms with Crippen molar-refractivity contribution in [3.8, 4) is 23.3 Å². The molecule has 2 heterocycles. The molecule has 0 N–H and O–H groups in total. The highest BCUT2D eigenvalue weighted by molar-refractivity contribution is 6.34. The zero-order valence-electron chi connectivity index (χ0n) is 18.4. The summed E-state index contributed by atoms with van der Waals surface area (Å²) < 4.78 is 22.5. The molecule has 0 saturated carbocycles. The van der Waals surface area contributed by atoms with Crippen LogP contribution in [0.5, 0.6) is 17.2 Å². The van der Waals surface area contributed by atoms with E-state index in [1.165, 1.54) is 7.11 Å². The third-order valence-electron chi connectivity index (χ3n) is 5.37. The number of nitrogens with zero attached hydrogens (tertiary/aromatic N) is 2. The molecule has 0 radical (unpaired) electrons. The number of fused-ring (bicyclic) bond motifs is 1. The number of aliphatic imine (C=N–C) groups is 1. The fourth-order valence-corrected chi connectivity index (χ4v) is 3.97. The van der Waals surface area contributed by atoms with E-state index < -0.39 is 5.97 Å². The maximum absolute atomic E-state index is 12.9. The van der Waals surface area contributed by atoms with Gasteiger partial charge in [0.05, 0.1) is 17.7 Å². The summed E-state index contributed by atoms with van der Waals surface area (Å²) in [5, 5.41) is 9.23. The lowest BCUT2D eigenvalue weighted by Crippen LogP contribution is -2.09. The van der Waals surface area contributed by atoms with Crippen LogP contribution >= 0.6 is 11.6 Å². The molecule has 0 bridgehead atoms. The number of para-hydroxylation sites is 1. The van der Waals surface area contributed by atoms with Gasteiger partial charge in [-0.15, -0.1) is 0 Å². The Kier molecular flexibility index (Phi) is 5.96. The number of allylic oxidation sites excluding steroid dienone is 2. The topological polar surface area (TPSA) is 90.1 Å². The van der Waals surface area contributed by atoms with Gasteiger partial charge in [-0.1, -0.05) is 41.9 Å². The predicted molar refractivity (Wildman–Crippen MR) is 130 cm³/mol. The van der Waals surface area contributed by atoms with Crippen LogP contribution in [0, 0.1) is 11.3 Å². The Morgan fingerprint density at radius 3 is 2.54 bits per heavy atom. The van der Waals surface area contributed by atoms with Crippen molar-refractivity contribution >= 4 is 34.8 Å². The Morgan fingerprint density at radius 2 is 1.77 bits per heavy atom. The van der Waals surface area contributed by atoms with E-state index in [1.807, 2.05) is 30.3 Å². The lowest BCUT2D eigenvalue weighted by molar-refractivity contribution is -0.129. The number of methoxy groups -OCH3 is 1. The van der Waals surface area contributed by atoms with Crippen molar-refractivity contribution in [2.75, 3.05) is 13.7 Å². The first-order chi connectivity index (χ1) is 17.1. The van der Waals surface area contributed by atoms with E-state index in [0.717, 1.165) is 0 Å². The maximum Gasteiger partial charge on any atom is 0.364 e. The summed E-state index contributed by atoms with van der Waals surface area (Å²) in [7, 11) is 1.51. The number of nitriles is 1. The van der Waals surface area contributed by atoms with Gasteiger partial charge >= 0.3 is 5.97 Å². The highest BCUT2D eigenvalue weighted by Crippen LogP contribution is 2.41. The van der Waals surface area contributed by atoms with E-state index in [0.29, 0.717) is 50.3 Å². The second kappa shape index (κ2) is 9.37. The zero-order chi connectivity index (χ0) is 24.4. The van der Waals surface area contributed by atoms with E-state index >= 15 is 0 Å². The van der Waals surface area contributed by atoms with Crippen LogP contribution in [0.2, 0.25) is 5.02 Å². The van der Waals surface area contributed by atoms with Crippen molar-refractivity contribution in [2.24, 2.45) is 4.99 Å². The summed E-state index contributed by atoms with van der Waals surface area (Å²) in [5.41, 5.74) is 2.61. The van der Waals surface area contributed by atoms with Gasteiger partial charge in [-0.2, -0.15) is 5.26 Å². The highest BCUT2D eigenvalue weighted by Gasteiger charge is 2.31. The fraction of sp³-hybridized carbons (Fsp3) is 0.0741. The number of halogens is 1. The minimum Gasteiger partial charge on any atom is -0.493 e. The van der Waals surface area contributed by atoms with Crippen LogP contribution in [0.25, 0.3) is 11.3 Å². The first-order valence-electron chi connectivity index (χ1n) is 10.6. The normalized spacial score (nSPS) is 16.3. The Hall–Kier alpha value is -4.54. The van der Waals surface area contributed by atoms with Crippen molar-refractivity contribution in [3.63, 3.8) is 0 Å². The summed E-state index contributed by atoms with van der Waals surface area (Å²) in [6, 6.07) is 21.5. The molecule has 172 valence electrons. The molecule has 0 unspecified atom stereocenters. The molecule has 3 aromatic carbocycles. The van der Waals surface area contributed by atoms with Crippen LogP contribution in [0.1, 0.15) is 16.7 Å². The van der Waals surface area contributed by atoms with Crippen LogP contribution in [0.15, 0.2) is 83.5 Å². The lowest BCUT2D eigenvalue weighted by atomic mass is 9.97. The monoisotopic (exact) mass is 484 g/mol. The number of esters is 1. The lowest BCUT2D eigenvalue weighted by Gasteiger charge is -2.21. The molecular weight excluding hydrogens is 468 g/mol. The standard InChI is InChI=1S/C27H17ClN2O5/c1-32-24-14-16(10-11-22(24)33-13-12-29)23-15-19(17-6-3-5-9-21(17)34-23)25-27(31)35-26(30-25)18-7-2-4-8-20(18)28/h2-11,14-15H,13H2,1H3. The number of hydrogen-bond acceptors (Lipinski definition) is 7. The molecule has 35 heavy (non-hydrogen) atoms. The van der Waals surface area contributed by atoms with Gasteiger partial charge in [0, 0.05) is 16.7 Å². The van der Waals surface area contributed by atoms with E-state index in [9.17, 15) is 4.79 Å². The van der Waals surface area contributed by atoms with Gasteiger partial charge < -0.3 is 18.9 Å². The number of carbonyl (C=O) groups excluding carboxylic acids is 1. The number of ether oxygens (including phenoxy) is 4. The van der Waals surface area contributed by atoms with Crippen molar-refractivity contribution in [1.29, 1.82) is 5.26 Å². The largest absolute Gasteiger partial charge is 0.493 e. The van der Waals surface area contributed by atoms with Crippen molar-refractivity contribution in [1.82, 2.24) is 0 Å². The first-order valence-corrected chi connectivity index (χ1v) is 10.9. The molecular formula is C27H17ClN2O5. The van der Waals surface area contributed by atoms with Gasteiger partial charge in [-0.25, -0.2) is 9.79 Å². The van der Waals surface area contributed by atoms with E-state index in [1.54, 1.807) is 48.5 Å². The molecule has 0 atom stereocenters. The second-order valence-electron chi connectivity index (χ2n) is 7.47. The zero-order valence-corrected chi connectivity index (χ0v) is 19.2. The second-order valence-corrected chi connectivity index (χ2v) is 7.88. The Balaban J connectivity index is 1.63. The molecule has 5 rings (SSSR count). The summed E-state index contributed by atoms with van der Waals surface area (Å²) >= 11 is 6.28. The number of hydrogen-bond donors (Lipinski definition) is 0. The Bertz CT molecular complexity index is 1480. The minimum atomic E-state index is -0.583. The van der Waals surface area contributed by atoms with Gasteiger partial charge in [0.15, 0.2) is 23.8 Å². The van der Waals surface area contributed by atoms with Crippen LogP contribution in [0.4, 0.5) is 0 Å². The average molecular weight is 485 g/mol. The number of rotatable bonds is 5. The summed E-state index contributed by atoms with van der Waals surface area (Å²) in [5.74, 6) is 1.47.